The minimum absolute atomic E-state index is 0.144. The van der Waals surface area contributed by atoms with Crippen molar-refractivity contribution in [3.05, 3.63) is 35.4 Å². The molecule has 2 aromatic rings. The molecule has 1 aliphatic heterocycles. The smallest absolute Gasteiger partial charge is 0.244 e. The van der Waals surface area contributed by atoms with Crippen molar-refractivity contribution in [3.63, 3.8) is 0 Å². The first-order chi connectivity index (χ1) is 12.2. The lowest BCUT2D eigenvalue weighted by Crippen LogP contribution is -2.31. The first-order valence-electron chi connectivity index (χ1n) is 8.53. The Morgan fingerprint density at radius 2 is 2.15 bits per heavy atom. The Bertz CT molecular complexity index is 901. The van der Waals surface area contributed by atoms with Crippen LogP contribution in [-0.2, 0) is 34.5 Å². The van der Waals surface area contributed by atoms with Gasteiger partial charge in [0.15, 0.2) is 0 Å². The molecule has 9 nitrogen and oxygen atoms in total. The van der Waals surface area contributed by atoms with E-state index in [1.807, 2.05) is 23.9 Å². The highest BCUT2D eigenvalue weighted by Crippen LogP contribution is 2.16. The molecule has 1 atom stereocenters. The summed E-state index contributed by atoms with van der Waals surface area (Å²) in [6.07, 6.45) is 5.47. The van der Waals surface area contributed by atoms with E-state index in [1.165, 1.54) is 10.6 Å². The van der Waals surface area contributed by atoms with Gasteiger partial charge in [0.05, 0.1) is 36.9 Å². The van der Waals surface area contributed by atoms with Crippen molar-refractivity contribution in [2.75, 3.05) is 12.8 Å². The predicted molar refractivity (Wildman–Crippen MR) is 95.6 cm³/mol. The van der Waals surface area contributed by atoms with E-state index >= 15 is 0 Å². The van der Waals surface area contributed by atoms with Gasteiger partial charge in [-0.25, -0.2) is 8.42 Å². The standard InChI is InChI=1S/C16H24N6O3S/c1-12-8-18-22(10-12)13(2)16(23)17-9-14-7-15-11-20(26(3,24)25)5-4-6-21(15)19-14/h7-8,10,13H,4-6,9,11H2,1-3H3,(H,17,23). The average molecular weight is 380 g/mol. The van der Waals surface area contributed by atoms with Gasteiger partial charge in [0, 0.05) is 19.3 Å². The summed E-state index contributed by atoms with van der Waals surface area (Å²) in [5, 5.41) is 11.5. The van der Waals surface area contributed by atoms with Crippen LogP contribution in [0.15, 0.2) is 18.5 Å². The molecule has 10 heteroatoms. The molecule has 1 unspecified atom stereocenters. The normalized spacial score (nSPS) is 16.7. The highest BCUT2D eigenvalue weighted by atomic mass is 32.2. The molecule has 3 rings (SSSR count). The Hall–Kier alpha value is -2.20. The molecule has 0 bridgehead atoms. The summed E-state index contributed by atoms with van der Waals surface area (Å²) >= 11 is 0. The van der Waals surface area contributed by atoms with E-state index in [1.54, 1.807) is 17.8 Å². The molecule has 3 heterocycles. The van der Waals surface area contributed by atoms with Crippen molar-refractivity contribution in [2.45, 2.75) is 45.9 Å². The van der Waals surface area contributed by atoms with Crippen LogP contribution in [0, 0.1) is 6.92 Å². The monoisotopic (exact) mass is 380 g/mol. The topological polar surface area (TPSA) is 102 Å². The largest absolute Gasteiger partial charge is 0.349 e. The molecule has 0 radical (unpaired) electrons. The number of hydrogen-bond donors (Lipinski definition) is 1. The minimum Gasteiger partial charge on any atom is -0.349 e. The number of nitrogens with zero attached hydrogens (tertiary/aromatic N) is 5. The van der Waals surface area contributed by atoms with Crippen LogP contribution >= 0.6 is 0 Å². The molecule has 0 spiro atoms. The van der Waals surface area contributed by atoms with E-state index in [0.29, 0.717) is 38.3 Å². The fourth-order valence-corrected chi connectivity index (χ4v) is 3.78. The quantitative estimate of drug-likeness (QED) is 0.810. The molecule has 0 saturated heterocycles. The SMILES string of the molecule is Cc1cnn(C(C)C(=O)NCc2cc3n(n2)CCCN(S(C)(=O)=O)C3)c1. The van der Waals surface area contributed by atoms with Crippen molar-refractivity contribution in [1.82, 2.24) is 29.2 Å². The van der Waals surface area contributed by atoms with Crippen molar-refractivity contribution in [3.8, 4) is 0 Å². The predicted octanol–water partition coefficient (Wildman–Crippen LogP) is 0.431. The van der Waals surface area contributed by atoms with Crippen LogP contribution in [-0.4, -0.2) is 51.0 Å². The molecule has 1 amide bonds. The zero-order chi connectivity index (χ0) is 18.9. The molecule has 1 N–H and O–H groups in total. The number of nitrogens with one attached hydrogen (secondary N) is 1. The average Bonchev–Trinajstić information content (AvgIpc) is 3.11. The lowest BCUT2D eigenvalue weighted by atomic mass is 10.3. The third-order valence-corrected chi connectivity index (χ3v) is 5.70. The van der Waals surface area contributed by atoms with Crippen molar-refractivity contribution in [1.29, 1.82) is 0 Å². The van der Waals surface area contributed by atoms with Crippen LogP contribution < -0.4 is 5.32 Å². The molecule has 0 fully saturated rings. The second-order valence-corrected chi connectivity index (χ2v) is 8.67. The summed E-state index contributed by atoms with van der Waals surface area (Å²) in [5.74, 6) is -0.144. The first kappa shape index (κ1) is 18.6. The first-order valence-corrected chi connectivity index (χ1v) is 10.4. The summed E-state index contributed by atoms with van der Waals surface area (Å²) in [6, 6.07) is 1.44. The van der Waals surface area contributed by atoms with Gasteiger partial charge < -0.3 is 5.32 Å². The number of rotatable bonds is 5. The summed E-state index contributed by atoms with van der Waals surface area (Å²) in [5.41, 5.74) is 2.55. The highest BCUT2D eigenvalue weighted by molar-refractivity contribution is 7.88. The minimum atomic E-state index is -3.24. The molecule has 142 valence electrons. The van der Waals surface area contributed by atoms with E-state index in [2.05, 4.69) is 15.5 Å². The Morgan fingerprint density at radius 3 is 2.81 bits per heavy atom. The van der Waals surface area contributed by atoms with Crippen LogP contribution in [0.5, 0.6) is 0 Å². The zero-order valence-corrected chi connectivity index (χ0v) is 16.0. The molecule has 1 aliphatic rings. The molecule has 0 saturated carbocycles. The van der Waals surface area contributed by atoms with Crippen LogP contribution in [0.3, 0.4) is 0 Å². The van der Waals surface area contributed by atoms with Gasteiger partial charge in [-0.1, -0.05) is 0 Å². The number of fused-ring (bicyclic) bond motifs is 1. The van der Waals surface area contributed by atoms with Gasteiger partial charge in [-0.15, -0.1) is 0 Å². The fourth-order valence-electron chi connectivity index (χ4n) is 2.95. The number of hydrogen-bond acceptors (Lipinski definition) is 5. The van der Waals surface area contributed by atoms with Crippen LogP contribution in [0.4, 0.5) is 0 Å². The van der Waals surface area contributed by atoms with E-state index in [-0.39, 0.29) is 5.91 Å². The van der Waals surface area contributed by atoms with Gasteiger partial charge in [0.25, 0.3) is 0 Å². The van der Waals surface area contributed by atoms with E-state index in [4.69, 9.17) is 0 Å². The molecular weight excluding hydrogens is 356 g/mol. The van der Waals surface area contributed by atoms with Crippen LogP contribution in [0.1, 0.15) is 36.3 Å². The number of aryl methyl sites for hydroxylation is 2. The van der Waals surface area contributed by atoms with Gasteiger partial charge >= 0.3 is 0 Å². The number of aromatic nitrogens is 4. The number of sulfonamides is 1. The molecule has 0 aliphatic carbocycles. The molecule has 2 aromatic heterocycles. The Kier molecular flexibility index (Phi) is 5.15. The van der Waals surface area contributed by atoms with Crippen molar-refractivity contribution >= 4 is 15.9 Å². The molecule has 0 aromatic carbocycles. The fraction of sp³-hybridized carbons (Fsp3) is 0.562. The molecule has 26 heavy (non-hydrogen) atoms. The maximum absolute atomic E-state index is 12.3. The zero-order valence-electron chi connectivity index (χ0n) is 15.2. The van der Waals surface area contributed by atoms with Crippen LogP contribution in [0.25, 0.3) is 0 Å². The van der Waals surface area contributed by atoms with Crippen LogP contribution in [0.2, 0.25) is 0 Å². The van der Waals surface area contributed by atoms with Gasteiger partial charge in [0.2, 0.25) is 15.9 Å². The summed E-state index contributed by atoms with van der Waals surface area (Å²) in [6.45, 7) is 5.47. The third kappa shape index (κ3) is 4.13. The van der Waals surface area contributed by atoms with E-state index in [9.17, 15) is 13.2 Å². The van der Waals surface area contributed by atoms with E-state index < -0.39 is 16.1 Å². The second-order valence-electron chi connectivity index (χ2n) is 6.69. The maximum Gasteiger partial charge on any atom is 0.244 e. The Morgan fingerprint density at radius 1 is 1.38 bits per heavy atom. The number of carbonyl (C=O) groups is 1. The number of carbonyl (C=O) groups excluding carboxylic acids is 1. The third-order valence-electron chi connectivity index (χ3n) is 4.45. The number of amides is 1. The van der Waals surface area contributed by atoms with Gasteiger partial charge in [-0.3, -0.25) is 14.2 Å². The Balaban J connectivity index is 1.64. The lowest BCUT2D eigenvalue weighted by molar-refractivity contribution is -0.124. The van der Waals surface area contributed by atoms with Gasteiger partial charge in [-0.05, 0) is 31.9 Å². The second kappa shape index (κ2) is 7.20. The highest BCUT2D eigenvalue weighted by Gasteiger charge is 2.23. The van der Waals surface area contributed by atoms with Crippen molar-refractivity contribution < 1.29 is 13.2 Å². The van der Waals surface area contributed by atoms with Gasteiger partial charge in [0.1, 0.15) is 6.04 Å². The summed E-state index contributed by atoms with van der Waals surface area (Å²) in [4.78, 5) is 12.3. The Labute approximate surface area is 153 Å². The summed E-state index contributed by atoms with van der Waals surface area (Å²) < 4.78 is 28.5. The van der Waals surface area contributed by atoms with Gasteiger partial charge in [-0.2, -0.15) is 14.5 Å². The summed E-state index contributed by atoms with van der Waals surface area (Å²) in [7, 11) is -3.24. The lowest BCUT2D eigenvalue weighted by Gasteiger charge is -2.16. The maximum atomic E-state index is 12.3. The van der Waals surface area contributed by atoms with Crippen molar-refractivity contribution in [2.24, 2.45) is 0 Å². The van der Waals surface area contributed by atoms with E-state index in [0.717, 1.165) is 11.3 Å². The molecular formula is C16H24N6O3S.